The van der Waals surface area contributed by atoms with Crippen LogP contribution in [0, 0.1) is 23.5 Å². The molecule has 0 aromatic heterocycles. The van der Waals surface area contributed by atoms with Crippen LogP contribution in [0.4, 0.5) is 8.78 Å². The van der Waals surface area contributed by atoms with Crippen LogP contribution in [0.5, 0.6) is 5.75 Å². The summed E-state index contributed by atoms with van der Waals surface area (Å²) in [5, 5.41) is 0. The summed E-state index contributed by atoms with van der Waals surface area (Å²) >= 11 is 0. The molecule has 2 nitrogen and oxygen atoms in total. The van der Waals surface area contributed by atoms with Gasteiger partial charge >= 0.3 is 0 Å². The maximum absolute atomic E-state index is 14.6. The Morgan fingerprint density at radius 2 is 1.72 bits per heavy atom. The quantitative estimate of drug-likeness (QED) is 0.426. The molecule has 2 unspecified atom stereocenters. The van der Waals surface area contributed by atoms with Crippen molar-refractivity contribution in [2.75, 3.05) is 13.2 Å². The number of halogens is 2. The summed E-state index contributed by atoms with van der Waals surface area (Å²) in [7, 11) is 0. The molecule has 1 saturated heterocycles. The summed E-state index contributed by atoms with van der Waals surface area (Å²) in [5.41, 5.74) is 0.519. The molecule has 1 aliphatic heterocycles. The summed E-state index contributed by atoms with van der Waals surface area (Å²) in [6.07, 6.45) is 14.1. The molecule has 2 atom stereocenters. The molecule has 0 bridgehead atoms. The Morgan fingerprint density at radius 3 is 2.38 bits per heavy atom. The van der Waals surface area contributed by atoms with Crippen LogP contribution in [0.25, 0.3) is 0 Å². The lowest BCUT2D eigenvalue weighted by molar-refractivity contribution is -0.0150. The second-order valence-electron chi connectivity index (χ2n) is 8.67. The minimum absolute atomic E-state index is 0.0312. The van der Waals surface area contributed by atoms with E-state index in [1.54, 1.807) is 12.1 Å². The standard InChI is InChI=1S/C25H36F2O2/c1-3-5-6-7-21-13-12-20(17-29-21)18-8-10-19(11-9-18)22-14-15-23(28-16-4-2)25(27)24(22)26/h6-7,14-15,18-21H,3-5,8-13,16-17H2,1-2H3/b7-6+. The molecule has 29 heavy (non-hydrogen) atoms. The van der Waals surface area contributed by atoms with Gasteiger partial charge in [-0.05, 0) is 80.8 Å². The number of rotatable bonds is 8. The fraction of sp³-hybridized carbons (Fsp3) is 0.680. The van der Waals surface area contributed by atoms with Crippen molar-refractivity contribution in [3.05, 3.63) is 41.5 Å². The first-order valence-corrected chi connectivity index (χ1v) is 11.5. The molecule has 4 heteroatoms. The smallest absolute Gasteiger partial charge is 0.200 e. The van der Waals surface area contributed by atoms with Crippen LogP contribution >= 0.6 is 0 Å². The molecule has 1 aromatic rings. The van der Waals surface area contributed by atoms with Crippen molar-refractivity contribution in [3.63, 3.8) is 0 Å². The van der Waals surface area contributed by atoms with Gasteiger partial charge in [0.2, 0.25) is 5.82 Å². The van der Waals surface area contributed by atoms with E-state index in [2.05, 4.69) is 19.1 Å². The van der Waals surface area contributed by atoms with Crippen molar-refractivity contribution in [1.29, 1.82) is 0 Å². The number of benzene rings is 1. The third-order valence-corrected chi connectivity index (χ3v) is 6.57. The maximum atomic E-state index is 14.6. The highest BCUT2D eigenvalue weighted by atomic mass is 19.2. The molecule has 0 spiro atoms. The minimum atomic E-state index is -0.832. The van der Waals surface area contributed by atoms with Crippen LogP contribution in [0.3, 0.4) is 0 Å². The first-order valence-electron chi connectivity index (χ1n) is 11.5. The van der Waals surface area contributed by atoms with E-state index in [-0.39, 0.29) is 17.8 Å². The molecule has 2 fully saturated rings. The Labute approximate surface area is 174 Å². The topological polar surface area (TPSA) is 18.5 Å². The summed E-state index contributed by atoms with van der Waals surface area (Å²) in [5.74, 6) is -0.158. The van der Waals surface area contributed by atoms with Gasteiger partial charge in [0.25, 0.3) is 0 Å². The van der Waals surface area contributed by atoms with Gasteiger partial charge in [-0.25, -0.2) is 4.39 Å². The fourth-order valence-electron chi connectivity index (χ4n) is 4.82. The average molecular weight is 407 g/mol. The first-order chi connectivity index (χ1) is 14.1. The number of unbranched alkanes of at least 4 members (excludes halogenated alkanes) is 1. The van der Waals surface area contributed by atoms with Gasteiger partial charge in [-0.1, -0.05) is 38.5 Å². The van der Waals surface area contributed by atoms with Crippen LogP contribution in [0.15, 0.2) is 24.3 Å². The lowest BCUT2D eigenvalue weighted by Gasteiger charge is -2.37. The molecule has 1 heterocycles. The zero-order valence-corrected chi connectivity index (χ0v) is 18.0. The highest BCUT2D eigenvalue weighted by molar-refractivity contribution is 5.33. The molecule has 1 aromatic carbocycles. The molecule has 0 N–H and O–H groups in total. The van der Waals surface area contributed by atoms with Crippen LogP contribution in [-0.4, -0.2) is 19.3 Å². The normalized spacial score (nSPS) is 28.0. The number of allylic oxidation sites excluding steroid dienone is 1. The van der Waals surface area contributed by atoms with Gasteiger partial charge in [-0.3, -0.25) is 0 Å². The van der Waals surface area contributed by atoms with Crippen molar-refractivity contribution in [2.24, 2.45) is 11.8 Å². The van der Waals surface area contributed by atoms with Crippen LogP contribution in [0.1, 0.15) is 83.1 Å². The van der Waals surface area contributed by atoms with Gasteiger partial charge in [0.15, 0.2) is 11.6 Å². The second-order valence-corrected chi connectivity index (χ2v) is 8.67. The highest BCUT2D eigenvalue weighted by Gasteiger charge is 2.32. The Morgan fingerprint density at radius 1 is 0.966 bits per heavy atom. The van der Waals surface area contributed by atoms with E-state index in [0.29, 0.717) is 24.0 Å². The van der Waals surface area contributed by atoms with E-state index in [4.69, 9.17) is 9.47 Å². The zero-order valence-electron chi connectivity index (χ0n) is 18.0. The van der Waals surface area contributed by atoms with E-state index < -0.39 is 11.6 Å². The minimum Gasteiger partial charge on any atom is -0.490 e. The predicted octanol–water partition coefficient (Wildman–Crippen LogP) is 7.18. The van der Waals surface area contributed by atoms with E-state index >= 15 is 0 Å². The van der Waals surface area contributed by atoms with Crippen molar-refractivity contribution in [3.8, 4) is 5.75 Å². The van der Waals surface area contributed by atoms with Crippen molar-refractivity contribution >= 4 is 0 Å². The molecule has 0 radical (unpaired) electrons. The molecule has 1 aliphatic carbocycles. The van der Waals surface area contributed by atoms with E-state index in [1.807, 2.05) is 6.92 Å². The molecule has 2 aliphatic rings. The van der Waals surface area contributed by atoms with Crippen molar-refractivity contribution in [2.45, 2.75) is 83.7 Å². The second kappa shape index (κ2) is 11.1. The predicted molar refractivity (Wildman–Crippen MR) is 113 cm³/mol. The zero-order chi connectivity index (χ0) is 20.6. The van der Waals surface area contributed by atoms with E-state index in [9.17, 15) is 8.78 Å². The summed E-state index contributed by atoms with van der Waals surface area (Å²) in [6.45, 7) is 5.37. The van der Waals surface area contributed by atoms with Crippen LogP contribution in [0.2, 0.25) is 0 Å². The van der Waals surface area contributed by atoms with E-state index in [1.165, 1.54) is 12.8 Å². The summed E-state index contributed by atoms with van der Waals surface area (Å²) in [4.78, 5) is 0. The summed E-state index contributed by atoms with van der Waals surface area (Å²) < 4.78 is 40.3. The van der Waals surface area contributed by atoms with Crippen LogP contribution in [-0.2, 0) is 4.74 Å². The Kier molecular flexibility index (Phi) is 8.53. The first kappa shape index (κ1) is 22.3. The molecular weight excluding hydrogens is 370 g/mol. The van der Waals surface area contributed by atoms with Crippen molar-refractivity contribution in [1.82, 2.24) is 0 Å². The van der Waals surface area contributed by atoms with Gasteiger partial charge in [0.1, 0.15) is 0 Å². The van der Waals surface area contributed by atoms with Gasteiger partial charge in [0, 0.05) is 0 Å². The number of ether oxygens (including phenoxy) is 2. The largest absolute Gasteiger partial charge is 0.490 e. The number of hydrogen-bond donors (Lipinski definition) is 0. The Hall–Kier alpha value is -1.42. The third-order valence-electron chi connectivity index (χ3n) is 6.57. The van der Waals surface area contributed by atoms with Gasteiger partial charge in [0.05, 0.1) is 19.3 Å². The van der Waals surface area contributed by atoms with E-state index in [0.717, 1.165) is 51.6 Å². The SMILES string of the molecule is CCC/C=C/C1CCC(C2CCC(c3ccc(OCCC)c(F)c3F)CC2)CO1. The maximum Gasteiger partial charge on any atom is 0.200 e. The molecule has 1 saturated carbocycles. The monoisotopic (exact) mass is 406 g/mol. The lowest BCUT2D eigenvalue weighted by atomic mass is 9.72. The summed E-state index contributed by atoms with van der Waals surface area (Å²) in [6, 6.07) is 3.32. The van der Waals surface area contributed by atoms with Gasteiger partial charge < -0.3 is 9.47 Å². The Bertz CT molecular complexity index is 657. The molecular formula is C25H36F2O2. The number of hydrogen-bond acceptors (Lipinski definition) is 2. The van der Waals surface area contributed by atoms with Crippen LogP contribution < -0.4 is 4.74 Å². The lowest BCUT2D eigenvalue weighted by Crippen LogP contribution is -2.31. The third kappa shape index (κ3) is 5.81. The van der Waals surface area contributed by atoms with Gasteiger partial charge in [-0.15, -0.1) is 0 Å². The average Bonchev–Trinajstić information content (AvgIpc) is 2.76. The molecule has 162 valence electrons. The molecule has 0 amide bonds. The Balaban J connectivity index is 1.50. The molecule has 3 rings (SSSR count). The van der Waals surface area contributed by atoms with Crippen molar-refractivity contribution < 1.29 is 18.3 Å². The van der Waals surface area contributed by atoms with Gasteiger partial charge in [-0.2, -0.15) is 4.39 Å². The fourth-order valence-corrected chi connectivity index (χ4v) is 4.82. The highest BCUT2D eigenvalue weighted by Crippen LogP contribution is 2.42.